The minimum absolute atomic E-state index is 0.501. The van der Waals surface area contributed by atoms with Gasteiger partial charge in [0.2, 0.25) is 0 Å². The lowest BCUT2D eigenvalue weighted by molar-refractivity contribution is 0.146. The van der Waals surface area contributed by atoms with E-state index in [0.717, 1.165) is 32.0 Å². The summed E-state index contributed by atoms with van der Waals surface area (Å²) in [6, 6.07) is 1.81. The zero-order valence-corrected chi connectivity index (χ0v) is 11.2. The molecule has 6 heteroatoms. The summed E-state index contributed by atoms with van der Waals surface area (Å²) in [7, 11) is 1.64. The Morgan fingerprint density at radius 2 is 2.17 bits per heavy atom. The number of ether oxygens (including phenoxy) is 2. The van der Waals surface area contributed by atoms with Gasteiger partial charge in [-0.25, -0.2) is 4.98 Å². The third-order valence-corrected chi connectivity index (χ3v) is 3.05. The van der Waals surface area contributed by atoms with Crippen LogP contribution in [-0.4, -0.2) is 51.5 Å². The van der Waals surface area contributed by atoms with Crippen molar-refractivity contribution in [1.82, 2.24) is 10.3 Å². The van der Waals surface area contributed by atoms with Gasteiger partial charge in [0.15, 0.2) is 0 Å². The van der Waals surface area contributed by atoms with Gasteiger partial charge >= 0.3 is 0 Å². The minimum Gasteiger partial charge on any atom is -0.490 e. The predicted octanol–water partition coefficient (Wildman–Crippen LogP) is 1.17. The summed E-state index contributed by atoms with van der Waals surface area (Å²) in [5, 5.41) is 3.93. The summed E-state index contributed by atoms with van der Waals surface area (Å²) in [5.41, 5.74) is 0. The van der Waals surface area contributed by atoms with Gasteiger partial charge in [-0.05, 0) is 0 Å². The maximum Gasteiger partial charge on any atom is 0.147 e. The molecule has 0 amide bonds. The molecule has 0 saturated carbocycles. The van der Waals surface area contributed by atoms with Crippen molar-refractivity contribution in [3.8, 4) is 5.75 Å². The molecule has 5 nitrogen and oxygen atoms in total. The number of pyridine rings is 1. The number of nitrogens with one attached hydrogen (secondary N) is 1. The lowest BCUT2D eigenvalue weighted by Crippen LogP contribution is -2.44. The second kappa shape index (κ2) is 6.78. The highest BCUT2D eigenvalue weighted by Gasteiger charge is 2.15. The van der Waals surface area contributed by atoms with Crippen LogP contribution < -0.4 is 15.0 Å². The first kappa shape index (κ1) is 13.4. The van der Waals surface area contributed by atoms with E-state index in [9.17, 15) is 0 Å². The molecule has 0 radical (unpaired) electrons. The van der Waals surface area contributed by atoms with Crippen LogP contribution in [0.4, 0.5) is 5.82 Å². The van der Waals surface area contributed by atoms with E-state index in [1.165, 1.54) is 0 Å². The molecule has 1 aromatic rings. The Morgan fingerprint density at radius 1 is 1.39 bits per heavy atom. The minimum atomic E-state index is 0.501. The number of rotatable bonds is 5. The van der Waals surface area contributed by atoms with Crippen LogP contribution in [0.15, 0.2) is 12.3 Å². The van der Waals surface area contributed by atoms with Crippen molar-refractivity contribution >= 4 is 17.4 Å². The van der Waals surface area contributed by atoms with Gasteiger partial charge in [-0.3, -0.25) is 0 Å². The zero-order chi connectivity index (χ0) is 12.8. The maximum absolute atomic E-state index is 6.24. The Bertz CT molecular complexity index is 384. The summed E-state index contributed by atoms with van der Waals surface area (Å²) in [5.74, 6) is 1.51. The van der Waals surface area contributed by atoms with Gasteiger partial charge < -0.3 is 19.7 Å². The second-order valence-electron chi connectivity index (χ2n) is 4.05. The molecule has 0 aromatic carbocycles. The van der Waals surface area contributed by atoms with Gasteiger partial charge in [0, 0.05) is 39.4 Å². The van der Waals surface area contributed by atoms with E-state index < -0.39 is 0 Å². The lowest BCUT2D eigenvalue weighted by Gasteiger charge is -2.29. The highest BCUT2D eigenvalue weighted by atomic mass is 35.5. The molecular weight excluding hydrogens is 254 g/mol. The summed E-state index contributed by atoms with van der Waals surface area (Å²) in [4.78, 5) is 6.56. The molecule has 1 fully saturated rings. The highest BCUT2D eigenvalue weighted by Crippen LogP contribution is 2.27. The van der Waals surface area contributed by atoms with E-state index >= 15 is 0 Å². The number of aromatic nitrogens is 1. The maximum atomic E-state index is 6.24. The van der Waals surface area contributed by atoms with Crippen molar-refractivity contribution in [3.05, 3.63) is 17.3 Å². The predicted molar refractivity (Wildman–Crippen MR) is 71.7 cm³/mol. The molecule has 0 unspecified atom stereocenters. The van der Waals surface area contributed by atoms with Crippen LogP contribution in [0.25, 0.3) is 0 Å². The monoisotopic (exact) mass is 271 g/mol. The van der Waals surface area contributed by atoms with E-state index in [1.54, 1.807) is 13.3 Å². The molecule has 0 spiro atoms. The van der Waals surface area contributed by atoms with Crippen LogP contribution in [0.1, 0.15) is 0 Å². The summed E-state index contributed by atoms with van der Waals surface area (Å²) in [6.07, 6.45) is 1.71. The Morgan fingerprint density at radius 3 is 2.83 bits per heavy atom. The molecule has 2 rings (SSSR count). The van der Waals surface area contributed by atoms with Gasteiger partial charge in [-0.15, -0.1) is 0 Å². The lowest BCUT2D eigenvalue weighted by atomic mass is 10.3. The van der Waals surface area contributed by atoms with Gasteiger partial charge in [-0.1, -0.05) is 11.6 Å². The number of methoxy groups -OCH3 is 1. The number of hydrogen-bond acceptors (Lipinski definition) is 5. The number of nitrogens with zero attached hydrogens (tertiary/aromatic N) is 2. The van der Waals surface area contributed by atoms with Crippen LogP contribution in [0.2, 0.25) is 5.02 Å². The molecule has 1 N–H and O–H groups in total. The molecule has 1 saturated heterocycles. The van der Waals surface area contributed by atoms with Crippen LogP contribution in [0.5, 0.6) is 5.75 Å². The van der Waals surface area contributed by atoms with Crippen molar-refractivity contribution in [1.29, 1.82) is 0 Å². The Labute approximate surface area is 112 Å². The van der Waals surface area contributed by atoms with Crippen LogP contribution in [-0.2, 0) is 4.74 Å². The van der Waals surface area contributed by atoms with E-state index in [-0.39, 0.29) is 0 Å². The van der Waals surface area contributed by atoms with Gasteiger partial charge in [0.1, 0.15) is 18.2 Å². The van der Waals surface area contributed by atoms with Crippen molar-refractivity contribution in [3.63, 3.8) is 0 Å². The SMILES string of the molecule is COCCOc1cnc(N2CCNCC2)c(Cl)c1. The average Bonchev–Trinajstić information content (AvgIpc) is 2.40. The largest absolute Gasteiger partial charge is 0.490 e. The molecular formula is C12H18ClN3O2. The fraction of sp³-hybridized carbons (Fsp3) is 0.583. The number of halogens is 1. The Kier molecular flexibility index (Phi) is 5.04. The smallest absolute Gasteiger partial charge is 0.147 e. The van der Waals surface area contributed by atoms with Gasteiger partial charge in [0.05, 0.1) is 17.8 Å². The first-order valence-corrected chi connectivity index (χ1v) is 6.42. The standard InChI is InChI=1S/C12H18ClN3O2/c1-17-6-7-18-10-8-11(13)12(15-9-10)16-4-2-14-3-5-16/h8-9,14H,2-7H2,1H3. The Hall–Kier alpha value is -1.04. The van der Waals surface area contributed by atoms with E-state index in [2.05, 4.69) is 15.2 Å². The van der Waals surface area contributed by atoms with E-state index in [1.807, 2.05) is 6.07 Å². The van der Waals surface area contributed by atoms with Crippen LogP contribution in [0.3, 0.4) is 0 Å². The molecule has 0 aliphatic carbocycles. The molecule has 18 heavy (non-hydrogen) atoms. The summed E-state index contributed by atoms with van der Waals surface area (Å²) < 4.78 is 10.4. The third kappa shape index (κ3) is 3.48. The highest BCUT2D eigenvalue weighted by molar-refractivity contribution is 6.33. The first-order chi connectivity index (χ1) is 8.81. The number of hydrogen-bond donors (Lipinski definition) is 1. The van der Waals surface area contributed by atoms with Crippen LogP contribution >= 0.6 is 11.6 Å². The van der Waals surface area contributed by atoms with Crippen molar-refractivity contribution in [2.75, 3.05) is 51.4 Å². The number of piperazine rings is 1. The fourth-order valence-electron chi connectivity index (χ4n) is 1.84. The van der Waals surface area contributed by atoms with Crippen molar-refractivity contribution < 1.29 is 9.47 Å². The average molecular weight is 272 g/mol. The normalized spacial score (nSPS) is 15.8. The topological polar surface area (TPSA) is 46.6 Å². The molecule has 1 aliphatic rings. The summed E-state index contributed by atoms with van der Waals surface area (Å²) >= 11 is 6.24. The molecule has 2 heterocycles. The van der Waals surface area contributed by atoms with Crippen molar-refractivity contribution in [2.45, 2.75) is 0 Å². The molecule has 0 atom stereocenters. The van der Waals surface area contributed by atoms with Crippen LogP contribution in [0, 0.1) is 0 Å². The third-order valence-electron chi connectivity index (χ3n) is 2.77. The molecule has 1 aromatic heterocycles. The van der Waals surface area contributed by atoms with Crippen molar-refractivity contribution in [2.24, 2.45) is 0 Å². The number of anilines is 1. The first-order valence-electron chi connectivity index (χ1n) is 6.04. The van der Waals surface area contributed by atoms with E-state index in [0.29, 0.717) is 24.0 Å². The molecule has 100 valence electrons. The quantitative estimate of drug-likeness (QED) is 0.815. The molecule has 0 bridgehead atoms. The van der Waals surface area contributed by atoms with Gasteiger partial charge in [0.25, 0.3) is 0 Å². The second-order valence-corrected chi connectivity index (χ2v) is 4.46. The Balaban J connectivity index is 2.00. The van der Waals surface area contributed by atoms with Gasteiger partial charge in [-0.2, -0.15) is 0 Å². The zero-order valence-electron chi connectivity index (χ0n) is 10.5. The fourth-order valence-corrected chi connectivity index (χ4v) is 2.12. The molecule has 1 aliphatic heterocycles. The summed E-state index contributed by atoms with van der Waals surface area (Å²) in [6.45, 7) is 4.83. The van der Waals surface area contributed by atoms with E-state index in [4.69, 9.17) is 21.1 Å².